The van der Waals surface area contributed by atoms with Crippen molar-refractivity contribution in [2.24, 2.45) is 4.99 Å². The number of hydrogen-bond acceptors (Lipinski definition) is 9. The van der Waals surface area contributed by atoms with Crippen LogP contribution in [0.1, 0.15) is 12.8 Å². The third kappa shape index (κ3) is 7.37. The van der Waals surface area contributed by atoms with Crippen molar-refractivity contribution in [2.45, 2.75) is 25.9 Å². The number of fused-ring (bicyclic) bond motifs is 2. The topological polar surface area (TPSA) is 204 Å². The highest BCUT2D eigenvalue weighted by Gasteiger charge is 2.20. The van der Waals surface area contributed by atoms with E-state index in [0.29, 0.717) is 23.0 Å². The minimum Gasteiger partial charge on any atom is -0.748 e. The van der Waals surface area contributed by atoms with Crippen LogP contribution in [0.4, 0.5) is 5.13 Å². The molecule has 0 aliphatic rings. The lowest BCUT2D eigenvalue weighted by atomic mass is 10.3. The van der Waals surface area contributed by atoms with Gasteiger partial charge in [0.2, 0.25) is 0 Å². The van der Waals surface area contributed by atoms with Crippen LogP contribution in [0.2, 0.25) is 0 Å². The van der Waals surface area contributed by atoms with Gasteiger partial charge in [0.25, 0.3) is 0 Å². The van der Waals surface area contributed by atoms with Gasteiger partial charge in [0.15, 0.2) is 0 Å². The first kappa shape index (κ1) is 29.0. The van der Waals surface area contributed by atoms with Crippen LogP contribution in [0.25, 0.3) is 20.4 Å². The molecule has 4 rings (SSSR count). The van der Waals surface area contributed by atoms with Crippen molar-refractivity contribution in [3.8, 4) is 0 Å². The van der Waals surface area contributed by atoms with Crippen LogP contribution in [0, 0.1) is 0 Å². The van der Waals surface area contributed by atoms with Gasteiger partial charge in [-0.15, -0.1) is 0 Å². The van der Waals surface area contributed by atoms with Crippen molar-refractivity contribution < 1.29 is 36.0 Å². The second-order valence-electron chi connectivity index (χ2n) is 7.35. The van der Waals surface area contributed by atoms with Gasteiger partial charge in [0.05, 0.1) is 41.7 Å². The molecule has 2 heterocycles. The van der Waals surface area contributed by atoms with Crippen LogP contribution in [-0.2, 0) is 33.3 Å². The molecule has 0 spiro atoms. The van der Waals surface area contributed by atoms with Crippen molar-refractivity contribution in [1.29, 1.82) is 0 Å². The molecule has 2 aromatic heterocycles. The maximum Gasteiger partial charge on any atom is 0.386 e. The fraction of sp³-hybridized carbons (Fsp3) is 0.300. The minimum absolute atomic E-state index is 0. The molecule has 0 fully saturated rings. The lowest BCUT2D eigenvalue weighted by Crippen LogP contribution is -2.34. The van der Waals surface area contributed by atoms with E-state index in [2.05, 4.69) is 0 Å². The second kappa shape index (κ2) is 11.7. The Morgan fingerprint density at radius 3 is 2.14 bits per heavy atom. The van der Waals surface area contributed by atoms with E-state index in [-0.39, 0.29) is 24.5 Å². The van der Waals surface area contributed by atoms with Gasteiger partial charge < -0.3 is 20.7 Å². The van der Waals surface area contributed by atoms with Crippen molar-refractivity contribution in [2.75, 3.05) is 11.5 Å². The normalized spacial score (nSPS) is 12.6. The third-order valence-corrected chi connectivity index (χ3v) is 8.62. The number of aryl methyl sites for hydroxylation is 2. The Hall–Kier alpha value is -2.24. The van der Waals surface area contributed by atoms with Crippen LogP contribution in [-0.4, -0.2) is 47.5 Å². The summed E-state index contributed by atoms with van der Waals surface area (Å²) in [5.41, 5.74) is 1.77. The molecule has 0 atom stereocenters. The summed E-state index contributed by atoms with van der Waals surface area (Å²) in [6.45, 7) is 0.618. The molecule has 192 valence electrons. The molecule has 0 amide bonds. The number of aromatic nitrogens is 2. The van der Waals surface area contributed by atoms with Crippen molar-refractivity contribution in [3.05, 3.63) is 53.3 Å². The maximum atomic E-state index is 11.1. The van der Waals surface area contributed by atoms with E-state index in [1.807, 2.05) is 57.7 Å². The summed E-state index contributed by atoms with van der Waals surface area (Å²) in [5, 5.41) is 0.635. The summed E-state index contributed by atoms with van der Waals surface area (Å²) >= 11 is 2.88. The highest BCUT2D eigenvalue weighted by molar-refractivity contribution is 7.85. The zero-order chi connectivity index (χ0) is 23.6. The smallest absolute Gasteiger partial charge is 0.386 e. The van der Waals surface area contributed by atoms with Crippen LogP contribution in [0.15, 0.2) is 53.5 Å². The number of hydrogen-bond donors (Lipinski definition) is 1. The lowest BCUT2D eigenvalue weighted by molar-refractivity contribution is -0.654. The van der Waals surface area contributed by atoms with E-state index in [1.54, 1.807) is 0 Å². The molecule has 11 nitrogen and oxygen atoms in total. The third-order valence-electron chi connectivity index (χ3n) is 4.92. The monoisotopic (exact) mass is 562 g/mol. The second-order valence-corrected chi connectivity index (χ2v) is 12.4. The SMILES string of the molecule is O.O=S(=O)([O-])CCCn1/c(=N/c2sc3ccccc3[n+]2CCCS(=O)(=O)[O-])sc2ccccc21.[NH4+]. The Morgan fingerprint density at radius 2 is 1.46 bits per heavy atom. The lowest BCUT2D eigenvalue weighted by Gasteiger charge is -2.07. The van der Waals surface area contributed by atoms with Crippen LogP contribution in [0.3, 0.4) is 0 Å². The van der Waals surface area contributed by atoms with Gasteiger partial charge in [0, 0.05) is 23.0 Å². The first-order chi connectivity index (χ1) is 15.6. The average molecular weight is 563 g/mol. The van der Waals surface area contributed by atoms with Crippen LogP contribution in [0.5, 0.6) is 0 Å². The molecule has 0 saturated carbocycles. The zero-order valence-electron chi connectivity index (χ0n) is 18.8. The summed E-state index contributed by atoms with van der Waals surface area (Å²) in [4.78, 5) is 5.49. The standard InChI is InChI=1S/C20H21N3O6S4.H3N.H2O/c24-32(25,26)13-5-11-22-15-7-1-3-9-17(15)30-19(22)21-20-23(12-6-14-33(27,28)29)16-8-2-4-10-18(16)31-20;;/h1-4,7-10H,5-6,11-14H2,(H-,24,25,26,27,28,29);1H3;1H2. The van der Waals surface area contributed by atoms with E-state index in [4.69, 9.17) is 4.99 Å². The summed E-state index contributed by atoms with van der Waals surface area (Å²) in [6.07, 6.45) is 0.320. The minimum atomic E-state index is -4.32. The van der Waals surface area contributed by atoms with Gasteiger partial charge in [-0.3, -0.25) is 4.57 Å². The van der Waals surface area contributed by atoms with E-state index < -0.39 is 31.7 Å². The predicted octanol–water partition coefficient (Wildman–Crippen LogP) is 1.86. The van der Waals surface area contributed by atoms with Gasteiger partial charge in [-0.25, -0.2) is 21.4 Å². The molecule has 6 N–H and O–H groups in total. The summed E-state index contributed by atoms with van der Waals surface area (Å²) in [6, 6.07) is 15.3. The van der Waals surface area contributed by atoms with Crippen molar-refractivity contribution in [1.82, 2.24) is 10.7 Å². The number of rotatable bonds is 9. The van der Waals surface area contributed by atoms with Gasteiger partial charge in [0.1, 0.15) is 5.52 Å². The number of benzene rings is 2. The largest absolute Gasteiger partial charge is 0.748 e. The molecule has 0 radical (unpaired) electrons. The van der Waals surface area contributed by atoms with Gasteiger partial charge in [-0.2, -0.15) is 0 Å². The first-order valence-corrected chi connectivity index (χ1v) is 14.8. The molecule has 2 aromatic carbocycles. The summed E-state index contributed by atoms with van der Waals surface area (Å²) in [5.74, 6) is -0.924. The van der Waals surface area contributed by atoms with Gasteiger partial charge in [-0.1, -0.05) is 35.6 Å². The molecule has 0 unspecified atom stereocenters. The first-order valence-electron chi connectivity index (χ1n) is 10.0. The molecule has 15 heteroatoms. The summed E-state index contributed by atoms with van der Waals surface area (Å²) in [7, 11) is -8.63. The van der Waals surface area contributed by atoms with E-state index in [9.17, 15) is 25.9 Å². The molecule has 0 saturated heterocycles. The molecule has 0 bridgehead atoms. The Bertz CT molecular complexity index is 1590. The average Bonchev–Trinajstić information content (AvgIpc) is 3.25. The quantitative estimate of drug-likeness (QED) is 0.238. The molecule has 0 aliphatic carbocycles. The fourth-order valence-corrected chi connectivity index (χ4v) is 6.66. The Balaban J connectivity index is 0.00000216. The Kier molecular flexibility index (Phi) is 9.66. The summed E-state index contributed by atoms with van der Waals surface area (Å²) < 4.78 is 72.1. The molecule has 35 heavy (non-hydrogen) atoms. The number of quaternary nitrogens is 1. The van der Waals surface area contributed by atoms with Crippen LogP contribution >= 0.6 is 22.7 Å². The molecule has 4 aromatic rings. The highest BCUT2D eigenvalue weighted by Crippen LogP contribution is 2.27. The number of para-hydroxylation sites is 2. The maximum absolute atomic E-state index is 11.1. The Morgan fingerprint density at radius 1 is 0.857 bits per heavy atom. The fourth-order valence-electron chi connectivity index (χ4n) is 3.53. The highest BCUT2D eigenvalue weighted by atomic mass is 32.2. The van der Waals surface area contributed by atoms with Gasteiger partial charge >= 0.3 is 9.93 Å². The number of thiazole rings is 2. The Labute approximate surface area is 210 Å². The predicted molar refractivity (Wildman–Crippen MR) is 135 cm³/mol. The molecular formula is C20H26N4O7S4. The number of nitrogens with zero attached hydrogens (tertiary/aromatic N) is 3. The zero-order valence-corrected chi connectivity index (χ0v) is 22.1. The van der Waals surface area contributed by atoms with Crippen molar-refractivity contribution >= 4 is 68.5 Å². The van der Waals surface area contributed by atoms with E-state index in [0.717, 1.165) is 20.4 Å². The van der Waals surface area contributed by atoms with Gasteiger partial charge in [-0.05, 0) is 48.4 Å². The molecule has 0 aliphatic heterocycles. The van der Waals surface area contributed by atoms with Crippen LogP contribution < -0.4 is 15.5 Å². The molecular weight excluding hydrogens is 537 g/mol. The van der Waals surface area contributed by atoms with E-state index >= 15 is 0 Å². The van der Waals surface area contributed by atoms with E-state index in [1.165, 1.54) is 22.7 Å². The van der Waals surface area contributed by atoms with Crippen molar-refractivity contribution in [3.63, 3.8) is 0 Å².